The lowest BCUT2D eigenvalue weighted by molar-refractivity contribution is -0.324. The molecule has 2 bridgehead atoms. The van der Waals surface area contributed by atoms with Crippen molar-refractivity contribution in [1.82, 2.24) is 4.90 Å². The van der Waals surface area contributed by atoms with Crippen LogP contribution in [0.5, 0.6) is 0 Å². The first-order valence-corrected chi connectivity index (χ1v) is 11.0. The van der Waals surface area contributed by atoms with E-state index in [1.54, 1.807) is 4.90 Å². The first kappa shape index (κ1) is 21.7. The molecule has 4 nitrogen and oxygen atoms in total. The molecule has 0 radical (unpaired) electrons. The molecule has 32 heavy (non-hydrogen) atoms. The topological polar surface area (TPSA) is 42.1 Å². The molecule has 1 saturated heterocycles. The molecule has 174 valence electrons. The number of epoxide rings is 1. The number of carbonyl (C=O) groups is 1. The van der Waals surface area contributed by atoms with Gasteiger partial charge in [-0.1, -0.05) is 11.6 Å². The highest BCUT2D eigenvalue weighted by molar-refractivity contribution is 5.68. The SMILES string of the molecule is CC(C)(C)OC(=O)N1CC=C(C23CC(C(F)(F)C4(c5ccc(F)cc5F)CO4)(C2)C3)CC1. The third kappa shape index (κ3) is 2.94. The summed E-state index contributed by atoms with van der Waals surface area (Å²) in [5.74, 6) is -5.06. The smallest absolute Gasteiger partial charge is 0.410 e. The molecule has 2 heterocycles. The van der Waals surface area contributed by atoms with Crippen molar-refractivity contribution in [2.24, 2.45) is 10.8 Å². The van der Waals surface area contributed by atoms with Crippen LogP contribution in [0.3, 0.4) is 0 Å². The maximum atomic E-state index is 15.7. The fourth-order valence-electron chi connectivity index (χ4n) is 5.93. The highest BCUT2D eigenvalue weighted by atomic mass is 19.3. The van der Waals surface area contributed by atoms with Gasteiger partial charge >= 0.3 is 6.09 Å². The van der Waals surface area contributed by atoms with Crippen molar-refractivity contribution in [1.29, 1.82) is 0 Å². The van der Waals surface area contributed by atoms with Crippen molar-refractivity contribution in [2.75, 3.05) is 19.7 Å². The molecule has 1 aromatic rings. The molecule has 2 aliphatic heterocycles. The predicted octanol–water partition coefficient (Wildman–Crippen LogP) is 5.56. The number of amides is 1. The van der Waals surface area contributed by atoms with Gasteiger partial charge in [0.1, 0.15) is 17.2 Å². The van der Waals surface area contributed by atoms with Crippen molar-refractivity contribution in [3.8, 4) is 0 Å². The van der Waals surface area contributed by atoms with Crippen LogP contribution < -0.4 is 0 Å². The average molecular weight is 453 g/mol. The maximum absolute atomic E-state index is 15.7. The first-order chi connectivity index (χ1) is 14.8. The minimum atomic E-state index is -3.25. The molecule has 1 unspecified atom stereocenters. The number of benzene rings is 1. The van der Waals surface area contributed by atoms with Crippen molar-refractivity contribution >= 4 is 6.09 Å². The standard InChI is InChI=1S/C24H27F4NO3/c1-20(2,3)32-19(30)29-8-6-15(7-9-29)21-11-22(12-21,13-21)24(27,28)23(14-31-23)17-5-4-16(25)10-18(17)26/h4-6,10H,7-9,11-14H2,1-3H3. The summed E-state index contributed by atoms with van der Waals surface area (Å²) in [7, 11) is 0. The third-order valence-corrected chi connectivity index (χ3v) is 7.54. The zero-order valence-corrected chi connectivity index (χ0v) is 18.4. The number of halogens is 4. The molecule has 5 aliphatic rings. The molecule has 1 atom stereocenters. The molecule has 0 aromatic heterocycles. The van der Waals surface area contributed by atoms with Crippen molar-refractivity contribution in [3.63, 3.8) is 0 Å². The third-order valence-electron chi connectivity index (χ3n) is 7.54. The van der Waals surface area contributed by atoms with Crippen LogP contribution in [0.2, 0.25) is 0 Å². The molecule has 8 heteroatoms. The number of hydrogen-bond acceptors (Lipinski definition) is 3. The second kappa shape index (κ2) is 6.49. The van der Waals surface area contributed by atoms with Gasteiger partial charge in [-0.2, -0.15) is 0 Å². The fraction of sp³-hybridized carbons (Fsp3) is 0.625. The van der Waals surface area contributed by atoms with Gasteiger partial charge < -0.3 is 14.4 Å². The van der Waals surface area contributed by atoms with Crippen molar-refractivity contribution < 1.29 is 31.8 Å². The molecule has 4 fully saturated rings. The number of ether oxygens (including phenoxy) is 2. The van der Waals surface area contributed by atoms with Gasteiger partial charge in [0.25, 0.3) is 5.92 Å². The Morgan fingerprint density at radius 2 is 1.81 bits per heavy atom. The Hall–Kier alpha value is -2.09. The average Bonchev–Trinajstić information content (AvgIpc) is 3.40. The zero-order valence-electron chi connectivity index (χ0n) is 18.4. The molecule has 0 spiro atoms. The predicted molar refractivity (Wildman–Crippen MR) is 108 cm³/mol. The van der Waals surface area contributed by atoms with Gasteiger partial charge in [-0.15, -0.1) is 0 Å². The molecular weight excluding hydrogens is 426 g/mol. The summed E-state index contributed by atoms with van der Waals surface area (Å²) in [6, 6.07) is 2.69. The van der Waals surface area contributed by atoms with E-state index in [0.29, 0.717) is 44.8 Å². The normalized spacial score (nSPS) is 33.7. The second-order valence-electron chi connectivity index (χ2n) is 10.8. The molecule has 3 aliphatic carbocycles. The Labute approximate surface area is 184 Å². The monoisotopic (exact) mass is 453 g/mol. The van der Waals surface area contributed by atoms with Crippen LogP contribution in [0.15, 0.2) is 29.8 Å². The Balaban J connectivity index is 1.27. The maximum Gasteiger partial charge on any atom is 0.410 e. The summed E-state index contributed by atoms with van der Waals surface area (Å²) in [5.41, 5.74) is -3.22. The van der Waals surface area contributed by atoms with E-state index >= 15 is 8.78 Å². The van der Waals surface area contributed by atoms with Crippen LogP contribution in [0, 0.1) is 22.5 Å². The number of rotatable bonds is 4. The Morgan fingerprint density at radius 1 is 1.16 bits per heavy atom. The van der Waals surface area contributed by atoms with Gasteiger partial charge in [0, 0.05) is 30.1 Å². The fourth-order valence-corrected chi connectivity index (χ4v) is 5.93. The Morgan fingerprint density at radius 3 is 2.31 bits per heavy atom. The minimum Gasteiger partial charge on any atom is -0.444 e. The Kier molecular flexibility index (Phi) is 4.41. The van der Waals surface area contributed by atoms with Gasteiger partial charge in [-0.3, -0.25) is 0 Å². The lowest BCUT2D eigenvalue weighted by atomic mass is 9.30. The van der Waals surface area contributed by atoms with Crippen LogP contribution in [0.1, 0.15) is 52.0 Å². The van der Waals surface area contributed by atoms with Gasteiger partial charge in [0.2, 0.25) is 0 Å². The van der Waals surface area contributed by atoms with E-state index in [0.717, 1.165) is 17.7 Å². The van der Waals surface area contributed by atoms with Gasteiger partial charge in [-0.25, -0.2) is 22.4 Å². The quantitative estimate of drug-likeness (QED) is 0.340. The molecule has 3 saturated carbocycles. The summed E-state index contributed by atoms with van der Waals surface area (Å²) >= 11 is 0. The van der Waals surface area contributed by atoms with Crippen LogP contribution in [0.4, 0.5) is 22.4 Å². The lowest BCUT2D eigenvalue weighted by Gasteiger charge is -2.74. The van der Waals surface area contributed by atoms with Crippen LogP contribution >= 0.6 is 0 Å². The molecular formula is C24H27F4NO3. The lowest BCUT2D eigenvalue weighted by Crippen LogP contribution is -2.72. The van der Waals surface area contributed by atoms with E-state index in [9.17, 15) is 13.6 Å². The summed E-state index contributed by atoms with van der Waals surface area (Å²) in [6.07, 6.45) is 3.19. The largest absolute Gasteiger partial charge is 0.444 e. The van der Waals surface area contributed by atoms with E-state index in [2.05, 4.69) is 0 Å². The minimum absolute atomic E-state index is 0.263. The molecule has 1 aromatic carbocycles. The van der Waals surface area contributed by atoms with Gasteiger partial charge in [0.15, 0.2) is 5.60 Å². The van der Waals surface area contributed by atoms with Gasteiger partial charge in [0.05, 0.1) is 6.61 Å². The van der Waals surface area contributed by atoms with Crippen LogP contribution in [-0.2, 0) is 15.1 Å². The van der Waals surface area contributed by atoms with Crippen molar-refractivity contribution in [3.05, 3.63) is 47.0 Å². The van der Waals surface area contributed by atoms with Gasteiger partial charge in [-0.05, 0) is 64.0 Å². The van der Waals surface area contributed by atoms with E-state index in [1.807, 2.05) is 26.8 Å². The van der Waals surface area contributed by atoms with Crippen LogP contribution in [0.25, 0.3) is 0 Å². The summed E-state index contributed by atoms with van der Waals surface area (Å²) in [6.45, 7) is 6.07. The highest BCUT2D eigenvalue weighted by Crippen LogP contribution is 2.83. The number of hydrogen-bond donors (Lipinski definition) is 0. The number of alkyl halides is 2. The highest BCUT2D eigenvalue weighted by Gasteiger charge is 2.85. The summed E-state index contributed by atoms with van der Waals surface area (Å²) in [5, 5.41) is 0. The molecule has 6 rings (SSSR count). The van der Waals surface area contributed by atoms with E-state index in [1.165, 1.54) is 0 Å². The number of carbonyl (C=O) groups excluding carboxylic acids is 1. The molecule has 0 N–H and O–H groups in total. The zero-order chi connectivity index (χ0) is 23.2. The molecule has 1 amide bonds. The van der Waals surface area contributed by atoms with E-state index < -0.39 is 34.2 Å². The van der Waals surface area contributed by atoms with E-state index in [4.69, 9.17) is 9.47 Å². The van der Waals surface area contributed by atoms with E-state index in [-0.39, 0.29) is 23.7 Å². The number of nitrogens with zero attached hydrogens (tertiary/aromatic N) is 1. The second-order valence-corrected chi connectivity index (χ2v) is 10.8. The summed E-state index contributed by atoms with van der Waals surface area (Å²) in [4.78, 5) is 13.9. The summed E-state index contributed by atoms with van der Waals surface area (Å²) < 4.78 is 69.5. The first-order valence-electron chi connectivity index (χ1n) is 11.0. The van der Waals surface area contributed by atoms with Crippen LogP contribution in [-0.4, -0.2) is 42.2 Å². The Bertz CT molecular complexity index is 989. The van der Waals surface area contributed by atoms with Crippen molar-refractivity contribution in [2.45, 2.75) is 63.6 Å².